The van der Waals surface area contributed by atoms with Crippen molar-refractivity contribution in [3.63, 3.8) is 0 Å². The maximum atomic E-state index is 3.68. The van der Waals surface area contributed by atoms with Crippen LogP contribution in [0.3, 0.4) is 0 Å². The molecule has 0 bridgehead atoms. The Labute approximate surface area is 58.3 Å². The minimum atomic E-state index is -0.438. The minimum absolute atomic E-state index is 0. The highest BCUT2D eigenvalue weighted by Crippen LogP contribution is 1.98. The maximum Gasteiger partial charge on any atom is 0.0412 e. The van der Waals surface area contributed by atoms with Gasteiger partial charge in [-0.3, -0.25) is 4.70 Å². The lowest BCUT2D eigenvalue weighted by Crippen LogP contribution is -2.00. The third-order valence-corrected chi connectivity index (χ3v) is 3.41. The van der Waals surface area contributed by atoms with Crippen LogP contribution in [-0.2, 0) is 0 Å². The normalized spacial score (nSPS) is 8.22. The summed E-state index contributed by atoms with van der Waals surface area (Å²) in [6.45, 7) is 9.70. The van der Waals surface area contributed by atoms with Gasteiger partial charge in [0.1, 0.15) is 0 Å². The van der Waals surface area contributed by atoms with Crippen LogP contribution in [0, 0.1) is 0 Å². The Morgan fingerprint density at radius 1 is 1.22 bits per heavy atom. The third-order valence-electron chi connectivity index (χ3n) is 1.14. The average Bonchev–Trinajstić information content (AvgIpc) is 1.68. The zero-order chi connectivity index (χ0) is 6.41. The van der Waals surface area contributed by atoms with E-state index in [0.29, 0.717) is 0 Å². The minimum Gasteiger partial charge on any atom is -0.269 e. The molecular formula is C7H15FSi. The Hall–Kier alpha value is -0.373. The highest BCUT2D eigenvalue weighted by atomic mass is 28.3. The van der Waals surface area contributed by atoms with E-state index in [1.807, 2.05) is 12.2 Å². The molecule has 0 amide bonds. The van der Waals surface area contributed by atoms with Crippen LogP contribution in [0.4, 0.5) is 4.70 Å². The number of allylic oxidation sites excluding steroid dienone is 2. The first-order valence-electron chi connectivity index (χ1n) is 3.03. The zero-order valence-electron chi connectivity index (χ0n) is 5.97. The fourth-order valence-electron chi connectivity index (χ4n) is 0.665. The predicted octanol–water partition coefficient (Wildman–Crippen LogP) is 2.37. The van der Waals surface area contributed by atoms with Gasteiger partial charge in [-0.2, -0.15) is 0 Å². The molecule has 0 spiro atoms. The molecule has 0 fully saturated rings. The van der Waals surface area contributed by atoms with E-state index in [1.165, 1.54) is 12.1 Å². The van der Waals surface area contributed by atoms with Crippen molar-refractivity contribution >= 4 is 8.80 Å². The molecule has 0 atom stereocenters. The molecule has 0 aromatic carbocycles. The molecule has 54 valence electrons. The van der Waals surface area contributed by atoms with Crippen molar-refractivity contribution in [3.05, 3.63) is 25.3 Å². The molecule has 0 saturated heterocycles. The van der Waals surface area contributed by atoms with Crippen LogP contribution in [0.5, 0.6) is 0 Å². The predicted molar refractivity (Wildman–Crippen MR) is 45.5 cm³/mol. The molecule has 0 aliphatic rings. The highest BCUT2D eigenvalue weighted by Gasteiger charge is 1.94. The second kappa shape index (κ2) is 7.63. The zero-order valence-corrected chi connectivity index (χ0v) is 7.12. The van der Waals surface area contributed by atoms with Crippen LogP contribution in [0.1, 0.15) is 0 Å². The van der Waals surface area contributed by atoms with E-state index >= 15 is 0 Å². The lowest BCUT2D eigenvalue weighted by Gasteiger charge is -1.98. The van der Waals surface area contributed by atoms with Crippen LogP contribution < -0.4 is 0 Å². The SMILES string of the molecule is C=CC[SiH](C)CC=C.F. The third kappa shape index (κ3) is 7.63. The average molecular weight is 146 g/mol. The fourth-order valence-corrected chi connectivity index (χ4v) is 2.00. The molecule has 0 nitrogen and oxygen atoms in total. The van der Waals surface area contributed by atoms with Crippen LogP contribution in [-0.4, -0.2) is 8.80 Å². The first-order valence-corrected chi connectivity index (χ1v) is 5.81. The molecule has 0 aliphatic carbocycles. The monoisotopic (exact) mass is 146 g/mol. The van der Waals surface area contributed by atoms with Gasteiger partial charge < -0.3 is 0 Å². The van der Waals surface area contributed by atoms with Gasteiger partial charge in [0.05, 0.1) is 0 Å². The Morgan fingerprint density at radius 3 is 1.78 bits per heavy atom. The summed E-state index contributed by atoms with van der Waals surface area (Å²) < 4.78 is 0. The maximum absolute atomic E-state index is 3.68. The van der Waals surface area contributed by atoms with Crippen molar-refractivity contribution in [2.45, 2.75) is 18.6 Å². The molecule has 2 heteroatoms. The quantitative estimate of drug-likeness (QED) is 0.422. The molecule has 0 radical (unpaired) electrons. The van der Waals surface area contributed by atoms with Gasteiger partial charge in [0.2, 0.25) is 0 Å². The van der Waals surface area contributed by atoms with E-state index in [-0.39, 0.29) is 4.70 Å². The number of hydrogen-bond donors (Lipinski definition) is 0. The lowest BCUT2D eigenvalue weighted by molar-refractivity contribution is 1.11. The van der Waals surface area contributed by atoms with Crippen LogP contribution in [0.15, 0.2) is 25.3 Å². The van der Waals surface area contributed by atoms with E-state index < -0.39 is 8.80 Å². The van der Waals surface area contributed by atoms with Crippen molar-refractivity contribution in [3.8, 4) is 0 Å². The summed E-state index contributed by atoms with van der Waals surface area (Å²) in [7, 11) is -0.438. The largest absolute Gasteiger partial charge is 0.269 e. The first kappa shape index (κ1) is 11.4. The van der Waals surface area contributed by atoms with E-state index in [4.69, 9.17) is 0 Å². The molecule has 0 saturated carbocycles. The summed E-state index contributed by atoms with van der Waals surface area (Å²) in [5, 5.41) is 0. The molecular weight excluding hydrogens is 131 g/mol. The van der Waals surface area contributed by atoms with Gasteiger partial charge in [-0.15, -0.1) is 13.2 Å². The molecule has 0 aliphatic heterocycles. The molecule has 9 heavy (non-hydrogen) atoms. The van der Waals surface area contributed by atoms with Crippen LogP contribution >= 0.6 is 0 Å². The standard InChI is InChI=1S/C7H14Si.FH/c1-4-6-8(3)7-5-2;/h4-5,8H,1-2,6-7H2,3H3;1H. The van der Waals surface area contributed by atoms with Crippen molar-refractivity contribution in [1.29, 1.82) is 0 Å². The lowest BCUT2D eigenvalue weighted by atomic mass is 10.7. The van der Waals surface area contributed by atoms with Gasteiger partial charge >= 0.3 is 0 Å². The summed E-state index contributed by atoms with van der Waals surface area (Å²) in [6, 6.07) is 2.48. The van der Waals surface area contributed by atoms with E-state index in [2.05, 4.69) is 19.7 Å². The van der Waals surface area contributed by atoms with Crippen molar-refractivity contribution in [1.82, 2.24) is 0 Å². The number of rotatable bonds is 4. The Morgan fingerprint density at radius 2 is 1.56 bits per heavy atom. The van der Waals surface area contributed by atoms with E-state index in [1.54, 1.807) is 0 Å². The Kier molecular flexibility index (Phi) is 9.68. The van der Waals surface area contributed by atoms with Crippen molar-refractivity contribution in [2.75, 3.05) is 0 Å². The smallest absolute Gasteiger partial charge is 0.0412 e. The molecule has 0 heterocycles. The highest BCUT2D eigenvalue weighted by molar-refractivity contribution is 6.58. The molecule has 0 aromatic heterocycles. The molecule has 0 rings (SSSR count). The van der Waals surface area contributed by atoms with Crippen molar-refractivity contribution in [2.24, 2.45) is 0 Å². The topological polar surface area (TPSA) is 0 Å². The van der Waals surface area contributed by atoms with Crippen LogP contribution in [0.2, 0.25) is 18.6 Å². The Bertz CT molecular complexity index is 71.0. The van der Waals surface area contributed by atoms with E-state index in [0.717, 1.165) is 0 Å². The van der Waals surface area contributed by atoms with Crippen molar-refractivity contribution < 1.29 is 4.70 Å². The first-order chi connectivity index (χ1) is 3.81. The van der Waals surface area contributed by atoms with Gasteiger partial charge in [-0.05, 0) is 12.1 Å². The second-order valence-electron chi connectivity index (χ2n) is 2.15. The second-order valence-corrected chi connectivity index (χ2v) is 5.31. The van der Waals surface area contributed by atoms with Gasteiger partial charge in [0.25, 0.3) is 0 Å². The van der Waals surface area contributed by atoms with Gasteiger partial charge in [0.15, 0.2) is 0 Å². The summed E-state index contributed by atoms with van der Waals surface area (Å²) in [6.07, 6.45) is 4.03. The van der Waals surface area contributed by atoms with E-state index in [9.17, 15) is 0 Å². The van der Waals surface area contributed by atoms with Gasteiger partial charge in [-0.25, -0.2) is 0 Å². The summed E-state index contributed by atoms with van der Waals surface area (Å²) in [4.78, 5) is 0. The Balaban J connectivity index is 0. The van der Waals surface area contributed by atoms with Gasteiger partial charge in [0, 0.05) is 8.80 Å². The fraction of sp³-hybridized carbons (Fsp3) is 0.429. The summed E-state index contributed by atoms with van der Waals surface area (Å²) >= 11 is 0. The van der Waals surface area contributed by atoms with Gasteiger partial charge in [-0.1, -0.05) is 18.7 Å². The molecule has 0 N–H and O–H groups in total. The molecule has 0 aromatic rings. The summed E-state index contributed by atoms with van der Waals surface area (Å²) in [5.74, 6) is 0. The molecule has 0 unspecified atom stereocenters. The van der Waals surface area contributed by atoms with Crippen LogP contribution in [0.25, 0.3) is 0 Å². The number of halogens is 1. The summed E-state index contributed by atoms with van der Waals surface area (Å²) in [5.41, 5.74) is 0. The number of hydrogen-bond acceptors (Lipinski definition) is 0.